The monoisotopic (exact) mass is 490 g/mol. The molecule has 2 aromatic carbocycles. The molecule has 0 fully saturated rings. The lowest BCUT2D eigenvalue weighted by atomic mass is 10.1. The fourth-order valence-corrected chi connectivity index (χ4v) is 4.85. The zero-order valence-electron chi connectivity index (χ0n) is 18.5. The number of halogens is 1. The largest absolute Gasteiger partial charge is 0.461 e. The summed E-state index contributed by atoms with van der Waals surface area (Å²) >= 11 is 1.08. The molecule has 3 aromatic heterocycles. The molecule has 0 saturated heterocycles. The van der Waals surface area contributed by atoms with E-state index >= 15 is 0 Å². The molecule has 0 radical (unpaired) electrons. The number of ether oxygens (including phenoxy) is 1. The van der Waals surface area contributed by atoms with Crippen LogP contribution in [0.15, 0.2) is 64.9 Å². The van der Waals surface area contributed by atoms with Crippen LogP contribution in [-0.2, 0) is 16.0 Å². The average Bonchev–Trinajstić information content (AvgIpc) is 3.45. The summed E-state index contributed by atoms with van der Waals surface area (Å²) in [4.78, 5) is 42.1. The molecule has 2 N–H and O–H groups in total. The van der Waals surface area contributed by atoms with Crippen LogP contribution in [0.25, 0.3) is 27.4 Å². The van der Waals surface area contributed by atoms with Gasteiger partial charge in [-0.15, -0.1) is 11.3 Å². The lowest BCUT2D eigenvalue weighted by molar-refractivity contribution is -0.115. The van der Waals surface area contributed by atoms with Crippen molar-refractivity contribution in [3.63, 3.8) is 0 Å². The first-order valence-electron chi connectivity index (χ1n) is 10.8. The number of rotatable bonds is 6. The van der Waals surface area contributed by atoms with Gasteiger partial charge in [-0.3, -0.25) is 9.59 Å². The summed E-state index contributed by atoms with van der Waals surface area (Å²) in [6.45, 7) is 1.74. The van der Waals surface area contributed by atoms with Gasteiger partial charge in [-0.1, -0.05) is 30.3 Å². The van der Waals surface area contributed by atoms with Gasteiger partial charge < -0.3 is 15.0 Å². The van der Waals surface area contributed by atoms with E-state index < -0.39 is 17.3 Å². The molecule has 5 aromatic rings. The second-order valence-electron chi connectivity index (χ2n) is 7.68. The predicted octanol–water partition coefficient (Wildman–Crippen LogP) is 4.43. The summed E-state index contributed by atoms with van der Waals surface area (Å²) in [5.41, 5.74) is 0.790. The molecule has 10 heteroatoms. The number of thiophene rings is 1. The predicted molar refractivity (Wildman–Crippen MR) is 132 cm³/mol. The lowest BCUT2D eigenvalue weighted by Gasteiger charge is -2.10. The number of aromatic amines is 1. The third kappa shape index (κ3) is 4.08. The summed E-state index contributed by atoms with van der Waals surface area (Å²) in [6, 6.07) is 13.2. The number of fused-ring (bicyclic) bond motifs is 2. The second kappa shape index (κ2) is 9.15. The third-order valence-electron chi connectivity index (χ3n) is 5.48. The molecule has 0 spiro atoms. The van der Waals surface area contributed by atoms with Crippen LogP contribution >= 0.6 is 11.3 Å². The number of aromatic nitrogens is 3. The lowest BCUT2D eigenvalue weighted by Crippen LogP contribution is -2.26. The van der Waals surface area contributed by atoms with Crippen molar-refractivity contribution in [1.29, 1.82) is 0 Å². The van der Waals surface area contributed by atoms with Crippen LogP contribution in [0.5, 0.6) is 0 Å². The quantitative estimate of drug-likeness (QED) is 0.343. The van der Waals surface area contributed by atoms with Gasteiger partial charge in [0.25, 0.3) is 5.56 Å². The number of amides is 1. The van der Waals surface area contributed by atoms with E-state index in [1.165, 1.54) is 18.2 Å². The summed E-state index contributed by atoms with van der Waals surface area (Å²) in [5.74, 6) is -1.78. The maximum Gasteiger partial charge on any atom is 0.359 e. The number of hydrogen-bond acceptors (Lipinski definition) is 6. The Bertz CT molecular complexity index is 1650. The Balaban J connectivity index is 1.58. The molecule has 0 unspecified atom stereocenters. The third-order valence-corrected chi connectivity index (χ3v) is 6.38. The molecule has 0 aliphatic rings. The van der Waals surface area contributed by atoms with E-state index in [0.29, 0.717) is 0 Å². The van der Waals surface area contributed by atoms with E-state index in [1.807, 2.05) is 24.3 Å². The van der Waals surface area contributed by atoms with E-state index in [0.717, 1.165) is 32.5 Å². The summed E-state index contributed by atoms with van der Waals surface area (Å²) < 4.78 is 20.5. The zero-order valence-corrected chi connectivity index (χ0v) is 19.3. The SMILES string of the molecule is CCOC(=O)c1nn(-c2ccccc2F)c(=O)c2c(NC(=O)Cc3c[nH]c4ccccc34)scc12. The van der Waals surface area contributed by atoms with Gasteiger partial charge in [-0.2, -0.15) is 9.78 Å². The summed E-state index contributed by atoms with van der Waals surface area (Å²) in [5, 5.41) is 9.91. The fourth-order valence-electron chi connectivity index (χ4n) is 3.90. The highest BCUT2D eigenvalue weighted by Gasteiger charge is 2.24. The smallest absolute Gasteiger partial charge is 0.359 e. The minimum Gasteiger partial charge on any atom is -0.461 e. The van der Waals surface area contributed by atoms with Crippen LogP contribution in [0.1, 0.15) is 23.0 Å². The standard InChI is InChI=1S/C25H19FN4O4S/c1-2-34-25(33)22-16-13-35-23(21(16)24(32)30(29-22)19-10-6-4-8-17(19)26)28-20(31)11-14-12-27-18-9-5-3-7-15(14)18/h3-10,12-13,27H,2,11H2,1H3,(H,28,31). The molecule has 5 rings (SSSR count). The zero-order chi connectivity index (χ0) is 24.5. The molecule has 0 aliphatic carbocycles. The topological polar surface area (TPSA) is 106 Å². The molecule has 0 atom stereocenters. The number of esters is 1. The second-order valence-corrected chi connectivity index (χ2v) is 8.56. The van der Waals surface area contributed by atoms with Crippen molar-refractivity contribution in [3.05, 3.63) is 87.5 Å². The number of anilines is 1. The van der Waals surface area contributed by atoms with Crippen LogP contribution in [-0.4, -0.2) is 33.2 Å². The fraction of sp³-hybridized carbons (Fsp3) is 0.120. The number of carbonyl (C=O) groups is 2. The Morgan fingerprint density at radius 1 is 1.14 bits per heavy atom. The first-order chi connectivity index (χ1) is 17.0. The van der Waals surface area contributed by atoms with Crippen molar-refractivity contribution in [1.82, 2.24) is 14.8 Å². The van der Waals surface area contributed by atoms with Crippen molar-refractivity contribution in [2.45, 2.75) is 13.3 Å². The van der Waals surface area contributed by atoms with Gasteiger partial charge in [-0.05, 0) is 30.7 Å². The van der Waals surface area contributed by atoms with Crippen LogP contribution in [0.2, 0.25) is 0 Å². The van der Waals surface area contributed by atoms with E-state index in [-0.39, 0.29) is 46.1 Å². The minimum atomic E-state index is -0.753. The summed E-state index contributed by atoms with van der Waals surface area (Å²) in [7, 11) is 0. The first kappa shape index (κ1) is 22.5. The number of hydrogen-bond donors (Lipinski definition) is 2. The Hall–Kier alpha value is -4.31. The van der Waals surface area contributed by atoms with Crippen LogP contribution < -0.4 is 10.9 Å². The number of benzene rings is 2. The molecule has 3 heterocycles. The van der Waals surface area contributed by atoms with Gasteiger partial charge in [-0.25, -0.2) is 9.18 Å². The molecule has 1 amide bonds. The number of nitrogens with one attached hydrogen (secondary N) is 2. The molecular weight excluding hydrogens is 471 g/mol. The van der Waals surface area contributed by atoms with Gasteiger partial charge in [0.2, 0.25) is 5.91 Å². The van der Waals surface area contributed by atoms with Crippen molar-refractivity contribution in [2.75, 3.05) is 11.9 Å². The molecule has 0 saturated carbocycles. The number of para-hydroxylation sites is 2. The average molecular weight is 491 g/mol. The molecule has 8 nitrogen and oxygen atoms in total. The molecule has 35 heavy (non-hydrogen) atoms. The number of nitrogens with zero attached hydrogens (tertiary/aromatic N) is 2. The minimum absolute atomic E-state index is 0.0589. The van der Waals surface area contributed by atoms with E-state index in [9.17, 15) is 18.8 Å². The van der Waals surface area contributed by atoms with Crippen LogP contribution in [0.3, 0.4) is 0 Å². The Labute approximate surface area is 202 Å². The maximum atomic E-state index is 14.5. The Morgan fingerprint density at radius 3 is 2.71 bits per heavy atom. The normalized spacial score (nSPS) is 11.1. The van der Waals surface area contributed by atoms with Gasteiger partial charge in [0, 0.05) is 27.9 Å². The van der Waals surface area contributed by atoms with Crippen molar-refractivity contribution < 1.29 is 18.7 Å². The van der Waals surface area contributed by atoms with E-state index in [2.05, 4.69) is 15.4 Å². The van der Waals surface area contributed by atoms with Crippen molar-refractivity contribution >= 4 is 49.9 Å². The molecular formula is C25H19FN4O4S. The van der Waals surface area contributed by atoms with Gasteiger partial charge in [0.05, 0.1) is 18.4 Å². The van der Waals surface area contributed by atoms with Gasteiger partial charge >= 0.3 is 5.97 Å². The van der Waals surface area contributed by atoms with Gasteiger partial charge in [0.1, 0.15) is 16.5 Å². The highest BCUT2D eigenvalue weighted by Crippen LogP contribution is 2.31. The Kier molecular flexibility index (Phi) is 5.87. The Morgan fingerprint density at radius 2 is 1.91 bits per heavy atom. The highest BCUT2D eigenvalue weighted by molar-refractivity contribution is 7.16. The molecule has 0 bridgehead atoms. The van der Waals surface area contributed by atoms with Crippen LogP contribution in [0.4, 0.5) is 9.39 Å². The number of carbonyl (C=O) groups excluding carboxylic acids is 2. The van der Waals surface area contributed by atoms with E-state index in [1.54, 1.807) is 24.6 Å². The van der Waals surface area contributed by atoms with Crippen LogP contribution in [0, 0.1) is 5.82 Å². The van der Waals surface area contributed by atoms with Crippen molar-refractivity contribution in [3.8, 4) is 5.69 Å². The molecule has 0 aliphatic heterocycles. The highest BCUT2D eigenvalue weighted by atomic mass is 32.1. The van der Waals surface area contributed by atoms with Crippen molar-refractivity contribution in [2.24, 2.45) is 0 Å². The van der Waals surface area contributed by atoms with Gasteiger partial charge in [0.15, 0.2) is 5.69 Å². The first-order valence-corrected chi connectivity index (χ1v) is 11.7. The maximum absolute atomic E-state index is 14.5. The van der Waals surface area contributed by atoms with E-state index in [4.69, 9.17) is 4.74 Å². The summed E-state index contributed by atoms with van der Waals surface area (Å²) in [6.07, 6.45) is 1.84. The molecule has 176 valence electrons. The number of H-pyrrole nitrogens is 1.